The Bertz CT molecular complexity index is 1140. The largest absolute Gasteiger partial charge is 0.391 e. The molecule has 0 spiro atoms. The molecule has 1 fully saturated rings. The molecular weight excluding hydrogens is 483 g/mol. The molecule has 200 valence electrons. The highest BCUT2D eigenvalue weighted by atomic mass is 19.4. The topological polar surface area (TPSA) is 78.4 Å². The van der Waals surface area contributed by atoms with Gasteiger partial charge in [-0.25, -0.2) is 14.8 Å². The third-order valence-electron chi connectivity index (χ3n) is 7.42. The van der Waals surface area contributed by atoms with Gasteiger partial charge in [0.1, 0.15) is 11.5 Å². The average molecular weight is 518 g/mol. The standard InChI is InChI=1S/C27H34F3N5O2/c1-4-17(2)7-8-19-11-12-31-24(15-19)33-26(37)35-20-6-5-13-34(16-20)22-10-9-21(32-25(22)35)23(36)14-18(3)27(28,29)30/h9-12,15,17-18,20H,4-8,13-14,16H2,1-3H3,(H,31,33,37)/t17-,18+,20+/m1/s1. The first-order valence-corrected chi connectivity index (χ1v) is 13.0. The molecule has 0 unspecified atom stereocenters. The summed E-state index contributed by atoms with van der Waals surface area (Å²) in [5.74, 6) is -1.15. The Morgan fingerprint density at radius 1 is 1.22 bits per heavy atom. The second-order valence-electron chi connectivity index (χ2n) is 10.3. The summed E-state index contributed by atoms with van der Waals surface area (Å²) < 4.78 is 39.1. The van der Waals surface area contributed by atoms with Crippen molar-refractivity contribution in [2.75, 3.05) is 28.2 Å². The molecule has 37 heavy (non-hydrogen) atoms. The van der Waals surface area contributed by atoms with E-state index in [0.29, 0.717) is 29.8 Å². The van der Waals surface area contributed by atoms with Crippen molar-refractivity contribution >= 4 is 29.1 Å². The third-order valence-corrected chi connectivity index (χ3v) is 7.42. The molecule has 3 atom stereocenters. The lowest BCUT2D eigenvalue weighted by molar-refractivity contribution is -0.168. The minimum Gasteiger partial charge on any atom is -0.366 e. The van der Waals surface area contributed by atoms with E-state index in [1.807, 2.05) is 12.1 Å². The fourth-order valence-corrected chi connectivity index (χ4v) is 4.82. The highest BCUT2D eigenvalue weighted by Gasteiger charge is 2.40. The third kappa shape index (κ3) is 6.22. The van der Waals surface area contributed by atoms with Crippen molar-refractivity contribution in [3.8, 4) is 0 Å². The molecule has 10 heteroatoms. The summed E-state index contributed by atoms with van der Waals surface area (Å²) in [4.78, 5) is 38.6. The van der Waals surface area contributed by atoms with Gasteiger partial charge in [-0.2, -0.15) is 13.2 Å². The van der Waals surface area contributed by atoms with E-state index in [2.05, 4.69) is 34.0 Å². The van der Waals surface area contributed by atoms with E-state index in [0.717, 1.165) is 51.1 Å². The number of piperidine rings is 1. The van der Waals surface area contributed by atoms with Gasteiger partial charge >= 0.3 is 12.2 Å². The molecule has 2 aromatic heterocycles. The lowest BCUT2D eigenvalue weighted by Crippen LogP contribution is -2.56. The van der Waals surface area contributed by atoms with Crippen molar-refractivity contribution in [2.45, 2.75) is 71.5 Å². The number of anilines is 3. The van der Waals surface area contributed by atoms with Crippen LogP contribution in [0.3, 0.4) is 0 Å². The van der Waals surface area contributed by atoms with Crippen LogP contribution < -0.4 is 15.1 Å². The van der Waals surface area contributed by atoms with Gasteiger partial charge in [0.25, 0.3) is 0 Å². The lowest BCUT2D eigenvalue weighted by atomic mass is 9.98. The highest BCUT2D eigenvalue weighted by molar-refractivity contribution is 6.05. The van der Waals surface area contributed by atoms with E-state index in [-0.39, 0.29) is 11.7 Å². The van der Waals surface area contributed by atoms with Gasteiger partial charge in [0.2, 0.25) is 0 Å². The summed E-state index contributed by atoms with van der Waals surface area (Å²) in [5, 5.41) is 2.88. The molecule has 4 rings (SSSR count). The molecule has 2 aliphatic rings. The van der Waals surface area contributed by atoms with Gasteiger partial charge in [0.05, 0.1) is 17.6 Å². The van der Waals surface area contributed by atoms with Crippen LogP contribution >= 0.6 is 0 Å². The van der Waals surface area contributed by atoms with Crippen molar-refractivity contribution in [1.82, 2.24) is 9.97 Å². The van der Waals surface area contributed by atoms with Crippen LogP contribution in [-0.4, -0.2) is 47.1 Å². The molecule has 2 amide bonds. The average Bonchev–Trinajstić information content (AvgIpc) is 2.86. The van der Waals surface area contributed by atoms with Gasteiger partial charge in [0.15, 0.2) is 11.6 Å². The summed E-state index contributed by atoms with van der Waals surface area (Å²) in [6.07, 6.45) is 1.19. The molecule has 4 heterocycles. The van der Waals surface area contributed by atoms with Gasteiger partial charge < -0.3 is 4.90 Å². The fourth-order valence-electron chi connectivity index (χ4n) is 4.82. The van der Waals surface area contributed by atoms with Crippen LogP contribution in [0, 0.1) is 11.8 Å². The number of amides is 2. The number of nitrogens with zero attached hydrogens (tertiary/aromatic N) is 4. The molecule has 2 aliphatic heterocycles. The van der Waals surface area contributed by atoms with E-state index in [9.17, 15) is 22.8 Å². The highest BCUT2D eigenvalue weighted by Crippen LogP contribution is 2.39. The number of aryl methyl sites for hydroxylation is 1. The van der Waals surface area contributed by atoms with Crippen LogP contribution in [0.1, 0.15) is 68.9 Å². The van der Waals surface area contributed by atoms with Crippen molar-refractivity contribution in [3.05, 3.63) is 41.7 Å². The van der Waals surface area contributed by atoms with Gasteiger partial charge in [0, 0.05) is 25.7 Å². The predicted molar refractivity (Wildman–Crippen MR) is 137 cm³/mol. The van der Waals surface area contributed by atoms with Gasteiger partial charge in [-0.05, 0) is 61.4 Å². The van der Waals surface area contributed by atoms with Gasteiger partial charge in [-0.15, -0.1) is 0 Å². The zero-order valence-electron chi connectivity index (χ0n) is 21.5. The number of ketones is 1. The number of Topliss-reactive ketones (excluding diaryl/α,β-unsaturated/α-hetero) is 1. The van der Waals surface area contributed by atoms with E-state index < -0.39 is 30.3 Å². The van der Waals surface area contributed by atoms with Crippen LogP contribution in [0.4, 0.5) is 35.3 Å². The van der Waals surface area contributed by atoms with E-state index in [1.165, 1.54) is 6.07 Å². The maximum atomic E-state index is 13.5. The smallest absolute Gasteiger partial charge is 0.366 e. The summed E-state index contributed by atoms with van der Waals surface area (Å²) in [7, 11) is 0. The first-order valence-electron chi connectivity index (χ1n) is 13.0. The van der Waals surface area contributed by atoms with Crippen LogP contribution in [0.2, 0.25) is 0 Å². The van der Waals surface area contributed by atoms with Crippen molar-refractivity contribution in [1.29, 1.82) is 0 Å². The minimum absolute atomic E-state index is 0.0704. The summed E-state index contributed by atoms with van der Waals surface area (Å²) in [6.45, 7) is 6.77. The fraction of sp³-hybridized carbons (Fsp3) is 0.556. The first-order chi connectivity index (χ1) is 17.6. The number of pyridine rings is 2. The van der Waals surface area contributed by atoms with Crippen molar-refractivity contribution < 1.29 is 22.8 Å². The Morgan fingerprint density at radius 2 is 2.00 bits per heavy atom. The molecule has 0 saturated carbocycles. The first kappa shape index (κ1) is 26.9. The van der Waals surface area contributed by atoms with Crippen LogP contribution in [0.25, 0.3) is 0 Å². The molecule has 2 aromatic rings. The van der Waals surface area contributed by atoms with E-state index >= 15 is 0 Å². The number of aromatic nitrogens is 2. The summed E-state index contributed by atoms with van der Waals surface area (Å²) >= 11 is 0. The number of carbonyl (C=O) groups is 2. The Hall–Kier alpha value is -3.17. The molecule has 7 nitrogen and oxygen atoms in total. The molecule has 1 saturated heterocycles. The number of rotatable bonds is 8. The summed E-state index contributed by atoms with van der Waals surface area (Å²) in [6, 6.07) is 6.36. The van der Waals surface area contributed by atoms with Crippen LogP contribution in [-0.2, 0) is 6.42 Å². The maximum absolute atomic E-state index is 13.5. The predicted octanol–water partition coefficient (Wildman–Crippen LogP) is 6.25. The Balaban J connectivity index is 1.57. The lowest BCUT2D eigenvalue weighted by Gasteiger charge is -2.45. The SMILES string of the molecule is CC[C@@H](C)CCc1ccnc(NC(=O)N2c3nc(C(=O)C[C@H](C)C(F)(F)F)ccc3N3CCC[C@H]2C3)c1. The number of alkyl halides is 3. The molecule has 2 bridgehead atoms. The molecule has 1 N–H and O–H groups in total. The normalized spacial score (nSPS) is 18.7. The zero-order chi connectivity index (χ0) is 26.7. The van der Waals surface area contributed by atoms with Crippen LogP contribution in [0.5, 0.6) is 0 Å². The van der Waals surface area contributed by atoms with Crippen LogP contribution in [0.15, 0.2) is 30.5 Å². The number of hydrogen-bond acceptors (Lipinski definition) is 5. The Kier molecular flexibility index (Phi) is 8.04. The zero-order valence-corrected chi connectivity index (χ0v) is 21.5. The number of fused-ring (bicyclic) bond motifs is 4. The quantitative estimate of drug-likeness (QED) is 0.419. The van der Waals surface area contributed by atoms with Crippen molar-refractivity contribution in [3.63, 3.8) is 0 Å². The molecule has 0 aliphatic carbocycles. The second kappa shape index (κ2) is 11.1. The number of hydrogen-bond donors (Lipinski definition) is 1. The summed E-state index contributed by atoms with van der Waals surface area (Å²) in [5.41, 5.74) is 1.71. The van der Waals surface area contributed by atoms with Crippen molar-refractivity contribution in [2.24, 2.45) is 11.8 Å². The number of nitrogens with one attached hydrogen (secondary N) is 1. The van der Waals surface area contributed by atoms with E-state index in [1.54, 1.807) is 17.2 Å². The second-order valence-corrected chi connectivity index (χ2v) is 10.3. The molecule has 0 aromatic carbocycles. The number of halogens is 3. The van der Waals surface area contributed by atoms with Gasteiger partial charge in [-0.1, -0.05) is 27.2 Å². The molecule has 0 radical (unpaired) electrons. The maximum Gasteiger partial charge on any atom is 0.391 e. The molecular formula is C27H34F3N5O2. The van der Waals surface area contributed by atoms with Gasteiger partial charge in [-0.3, -0.25) is 15.0 Å². The Labute approximate surface area is 215 Å². The monoisotopic (exact) mass is 517 g/mol. The Morgan fingerprint density at radius 3 is 2.73 bits per heavy atom. The minimum atomic E-state index is -4.46. The number of urea groups is 1. The number of carbonyl (C=O) groups excluding carboxylic acids is 2. The van der Waals surface area contributed by atoms with E-state index in [4.69, 9.17) is 0 Å².